The summed E-state index contributed by atoms with van der Waals surface area (Å²) in [5.41, 5.74) is 6.33. The molecule has 1 atom stereocenters. The van der Waals surface area contributed by atoms with Crippen LogP contribution < -0.4 is 5.73 Å². The first-order chi connectivity index (χ1) is 9.79. The van der Waals surface area contributed by atoms with Crippen LogP contribution in [0.4, 0.5) is 0 Å². The number of primary amides is 1. The average Bonchev–Trinajstić information content (AvgIpc) is 2.86. The molecule has 1 aromatic carbocycles. The molecule has 0 aromatic heterocycles. The van der Waals surface area contributed by atoms with Crippen molar-refractivity contribution in [2.24, 2.45) is 11.7 Å². The van der Waals surface area contributed by atoms with E-state index in [9.17, 15) is 13.2 Å². The molecular weight excluding hydrogens is 354 g/mol. The number of rotatable bonds is 5. The van der Waals surface area contributed by atoms with E-state index in [4.69, 9.17) is 5.73 Å². The van der Waals surface area contributed by atoms with Crippen LogP contribution in [0.2, 0.25) is 0 Å². The van der Waals surface area contributed by atoms with Crippen molar-refractivity contribution < 1.29 is 13.2 Å². The highest BCUT2D eigenvalue weighted by molar-refractivity contribution is 9.10. The minimum atomic E-state index is -3.28. The van der Waals surface area contributed by atoms with Crippen molar-refractivity contribution in [3.8, 4) is 0 Å². The van der Waals surface area contributed by atoms with Crippen LogP contribution in [0.1, 0.15) is 43.6 Å². The van der Waals surface area contributed by atoms with Gasteiger partial charge in [0.1, 0.15) is 0 Å². The normalized spacial score (nSPS) is 17.8. The number of amides is 1. The largest absolute Gasteiger partial charge is 0.369 e. The van der Waals surface area contributed by atoms with E-state index in [0.29, 0.717) is 10.4 Å². The maximum atomic E-state index is 11.8. The summed E-state index contributed by atoms with van der Waals surface area (Å²) in [6.07, 6.45) is 6.63. The minimum Gasteiger partial charge on any atom is -0.369 e. The summed E-state index contributed by atoms with van der Waals surface area (Å²) in [6, 6.07) is 4.95. The molecule has 1 aromatic rings. The van der Waals surface area contributed by atoms with Gasteiger partial charge in [0.25, 0.3) is 0 Å². The predicted molar refractivity (Wildman–Crippen MR) is 85.8 cm³/mol. The van der Waals surface area contributed by atoms with Gasteiger partial charge in [-0.2, -0.15) is 0 Å². The Morgan fingerprint density at radius 2 is 2.00 bits per heavy atom. The van der Waals surface area contributed by atoms with Crippen molar-refractivity contribution in [1.82, 2.24) is 0 Å². The Hall–Kier alpha value is -0.880. The van der Waals surface area contributed by atoms with Gasteiger partial charge in [0.05, 0.1) is 10.8 Å². The summed E-state index contributed by atoms with van der Waals surface area (Å²) in [7, 11) is -3.28. The van der Waals surface area contributed by atoms with E-state index >= 15 is 0 Å². The lowest BCUT2D eigenvalue weighted by Crippen LogP contribution is -2.23. The molecule has 1 aliphatic rings. The number of nitrogens with two attached hydrogens (primary N) is 1. The molecule has 1 aliphatic carbocycles. The molecule has 4 nitrogen and oxygen atoms in total. The lowest BCUT2D eigenvalue weighted by Gasteiger charge is -2.18. The Bertz CT molecular complexity index is 636. The van der Waals surface area contributed by atoms with Gasteiger partial charge in [0.15, 0.2) is 9.84 Å². The first-order valence-electron chi connectivity index (χ1n) is 7.08. The molecule has 1 unspecified atom stereocenters. The molecule has 0 radical (unpaired) electrons. The minimum absolute atomic E-state index is 0.232. The topological polar surface area (TPSA) is 77.2 Å². The number of hydrogen-bond donors (Lipinski definition) is 1. The number of benzene rings is 1. The fourth-order valence-electron chi connectivity index (χ4n) is 3.03. The lowest BCUT2D eigenvalue weighted by atomic mass is 9.87. The van der Waals surface area contributed by atoms with Gasteiger partial charge < -0.3 is 5.73 Å². The number of sulfone groups is 1. The molecule has 2 N–H and O–H groups in total. The van der Waals surface area contributed by atoms with Crippen LogP contribution in [0.3, 0.4) is 0 Å². The second-order valence-corrected chi connectivity index (χ2v) is 8.64. The van der Waals surface area contributed by atoms with Gasteiger partial charge in [-0.25, -0.2) is 8.42 Å². The van der Waals surface area contributed by atoms with Gasteiger partial charge in [-0.1, -0.05) is 31.7 Å². The van der Waals surface area contributed by atoms with E-state index in [2.05, 4.69) is 15.9 Å². The molecule has 2 rings (SSSR count). The van der Waals surface area contributed by atoms with Crippen LogP contribution in [0, 0.1) is 5.92 Å². The smallest absolute Gasteiger partial charge is 0.224 e. The molecule has 6 heteroatoms. The maximum absolute atomic E-state index is 11.8. The Balaban J connectivity index is 2.28. The molecule has 0 heterocycles. The van der Waals surface area contributed by atoms with Gasteiger partial charge in [-0.15, -0.1) is 0 Å². The zero-order valence-electron chi connectivity index (χ0n) is 12.0. The molecule has 116 valence electrons. The van der Waals surface area contributed by atoms with Crippen LogP contribution in [-0.2, 0) is 14.6 Å². The molecule has 0 aliphatic heterocycles. The van der Waals surface area contributed by atoms with Gasteiger partial charge in [-0.05, 0) is 46.0 Å². The van der Waals surface area contributed by atoms with Crippen LogP contribution in [0.25, 0.3) is 0 Å². The summed E-state index contributed by atoms with van der Waals surface area (Å²) in [5.74, 6) is -0.158. The Kier molecular flexibility index (Phi) is 5.09. The van der Waals surface area contributed by atoms with Crippen LogP contribution in [-0.4, -0.2) is 20.6 Å². The van der Waals surface area contributed by atoms with Crippen LogP contribution in [0.5, 0.6) is 0 Å². The Labute approximate surface area is 134 Å². The summed E-state index contributed by atoms with van der Waals surface area (Å²) in [6.45, 7) is 0. The van der Waals surface area contributed by atoms with E-state index < -0.39 is 9.84 Å². The second-order valence-electron chi connectivity index (χ2n) is 5.80. The highest BCUT2D eigenvalue weighted by atomic mass is 79.9. The van der Waals surface area contributed by atoms with E-state index in [1.807, 2.05) is 0 Å². The molecule has 1 amide bonds. The molecular formula is C15H20BrNO3S. The highest BCUT2D eigenvalue weighted by Crippen LogP contribution is 2.35. The highest BCUT2D eigenvalue weighted by Gasteiger charge is 2.26. The quantitative estimate of drug-likeness (QED) is 0.861. The lowest BCUT2D eigenvalue weighted by molar-refractivity contribution is -0.119. The maximum Gasteiger partial charge on any atom is 0.224 e. The van der Waals surface area contributed by atoms with E-state index in [0.717, 1.165) is 31.1 Å². The fraction of sp³-hybridized carbons (Fsp3) is 0.533. The van der Waals surface area contributed by atoms with E-state index in [1.54, 1.807) is 18.2 Å². The Morgan fingerprint density at radius 1 is 1.38 bits per heavy atom. The van der Waals surface area contributed by atoms with Crippen LogP contribution in [0.15, 0.2) is 27.6 Å². The summed E-state index contributed by atoms with van der Waals surface area (Å²) in [5, 5.41) is 0. The fourth-order valence-corrected chi connectivity index (χ4v) is 5.04. The number of halogens is 1. The van der Waals surface area contributed by atoms with Gasteiger partial charge >= 0.3 is 0 Å². The van der Waals surface area contributed by atoms with E-state index in [-0.39, 0.29) is 16.7 Å². The SMILES string of the molecule is CS(=O)(=O)c1ccc(C(CC2CCCC2)C(N)=O)cc1Br. The monoisotopic (exact) mass is 373 g/mol. The third-order valence-electron chi connectivity index (χ3n) is 4.15. The van der Waals surface area contributed by atoms with E-state index in [1.165, 1.54) is 12.8 Å². The molecule has 1 fully saturated rings. The van der Waals surface area contributed by atoms with Crippen molar-refractivity contribution in [3.63, 3.8) is 0 Å². The molecule has 1 saturated carbocycles. The second kappa shape index (κ2) is 6.48. The zero-order chi connectivity index (χ0) is 15.6. The van der Waals surface area contributed by atoms with Crippen molar-refractivity contribution in [1.29, 1.82) is 0 Å². The van der Waals surface area contributed by atoms with Crippen molar-refractivity contribution in [2.45, 2.75) is 42.9 Å². The van der Waals surface area contributed by atoms with Crippen LogP contribution >= 0.6 is 15.9 Å². The summed E-state index contributed by atoms with van der Waals surface area (Å²) >= 11 is 3.28. The summed E-state index contributed by atoms with van der Waals surface area (Å²) < 4.78 is 23.7. The standard InChI is InChI=1S/C15H20BrNO3S/c1-21(19,20)14-7-6-11(9-13(14)16)12(15(17)18)8-10-4-2-3-5-10/h6-7,9-10,12H,2-5,8H2,1H3,(H2,17,18). The molecule has 0 bridgehead atoms. The number of carbonyl (C=O) groups is 1. The van der Waals surface area contributed by atoms with Gasteiger partial charge in [0, 0.05) is 10.7 Å². The average molecular weight is 374 g/mol. The summed E-state index contributed by atoms with van der Waals surface area (Å²) in [4.78, 5) is 12.0. The van der Waals surface area contributed by atoms with Crippen molar-refractivity contribution in [2.75, 3.05) is 6.26 Å². The number of hydrogen-bond acceptors (Lipinski definition) is 3. The molecule has 0 saturated heterocycles. The number of carbonyl (C=O) groups excluding carboxylic acids is 1. The Morgan fingerprint density at radius 3 is 2.48 bits per heavy atom. The first kappa shape index (κ1) is 16.5. The zero-order valence-corrected chi connectivity index (χ0v) is 14.4. The molecule has 0 spiro atoms. The molecule has 21 heavy (non-hydrogen) atoms. The third-order valence-corrected chi connectivity index (χ3v) is 6.22. The predicted octanol–water partition coefficient (Wildman–Crippen LogP) is 3.00. The first-order valence-corrected chi connectivity index (χ1v) is 9.76. The van der Waals surface area contributed by atoms with Crippen molar-refractivity contribution in [3.05, 3.63) is 28.2 Å². The van der Waals surface area contributed by atoms with Crippen molar-refractivity contribution >= 4 is 31.7 Å². The van der Waals surface area contributed by atoms with Gasteiger partial charge in [0.2, 0.25) is 5.91 Å². The van der Waals surface area contributed by atoms with Gasteiger partial charge in [-0.3, -0.25) is 4.79 Å². The third kappa shape index (κ3) is 4.07.